The number of carbonyl (C=O) groups excluding carboxylic acids is 1. The van der Waals surface area contributed by atoms with Gasteiger partial charge in [-0.1, -0.05) is 17.7 Å². The van der Waals surface area contributed by atoms with Gasteiger partial charge in [0.25, 0.3) is 0 Å². The fourth-order valence-corrected chi connectivity index (χ4v) is 4.10. The number of alkyl halides is 1. The number of hydrogen-bond donors (Lipinski definition) is 2. The summed E-state index contributed by atoms with van der Waals surface area (Å²) < 4.78 is 16.7. The van der Waals surface area contributed by atoms with Crippen LogP contribution >= 0.6 is 27.5 Å². The molecule has 0 saturated heterocycles. The number of aliphatic hydroxyl groups excluding tert-OH is 1. The lowest BCUT2D eigenvalue weighted by Gasteiger charge is -2.18. The minimum absolute atomic E-state index is 0.177. The van der Waals surface area contributed by atoms with Gasteiger partial charge in [-0.2, -0.15) is 5.10 Å². The summed E-state index contributed by atoms with van der Waals surface area (Å²) in [5.74, 6) is -0.624. The van der Waals surface area contributed by atoms with Crippen molar-refractivity contribution in [2.75, 3.05) is 5.32 Å². The van der Waals surface area contributed by atoms with E-state index in [4.69, 9.17) is 11.6 Å². The van der Waals surface area contributed by atoms with E-state index in [-0.39, 0.29) is 22.9 Å². The topological polar surface area (TPSA) is 92.9 Å². The van der Waals surface area contributed by atoms with Crippen molar-refractivity contribution in [2.45, 2.75) is 31.3 Å². The highest BCUT2D eigenvalue weighted by molar-refractivity contribution is 9.10. The lowest BCUT2D eigenvalue weighted by molar-refractivity contribution is 0.0793. The van der Waals surface area contributed by atoms with E-state index in [1.807, 2.05) is 12.1 Å². The molecule has 4 atom stereocenters. The molecule has 4 rings (SSSR count). The highest BCUT2D eigenvalue weighted by Gasteiger charge is 2.41. The number of nitrogens with zero attached hydrogens (tertiary/aromatic N) is 4. The third-order valence-corrected chi connectivity index (χ3v) is 6.45. The van der Waals surface area contributed by atoms with Gasteiger partial charge in [0.1, 0.15) is 24.0 Å². The molecule has 0 aliphatic heterocycles. The van der Waals surface area contributed by atoms with Gasteiger partial charge >= 0.3 is 0 Å². The number of halogens is 3. The molecule has 1 aliphatic carbocycles. The zero-order chi connectivity index (χ0) is 22.1. The first-order valence-electron chi connectivity index (χ1n) is 9.57. The number of ketones is 1. The average molecular weight is 508 g/mol. The van der Waals surface area contributed by atoms with E-state index in [2.05, 4.69) is 43.2 Å². The van der Waals surface area contributed by atoms with Crippen molar-refractivity contribution in [1.29, 1.82) is 0 Å². The summed E-state index contributed by atoms with van der Waals surface area (Å²) in [6.07, 6.45) is 2.01. The Balaban J connectivity index is 1.52. The molecule has 2 N–H and O–H groups in total. The quantitative estimate of drug-likeness (QED) is 0.494. The van der Waals surface area contributed by atoms with Crippen molar-refractivity contribution >= 4 is 39.1 Å². The second-order valence-electron chi connectivity index (χ2n) is 7.44. The molecule has 0 amide bonds. The van der Waals surface area contributed by atoms with Crippen molar-refractivity contribution < 1.29 is 14.3 Å². The molecule has 1 radical (unpaired) electrons. The summed E-state index contributed by atoms with van der Waals surface area (Å²) in [7, 11) is 0. The van der Waals surface area contributed by atoms with E-state index >= 15 is 0 Å². The molecule has 0 unspecified atom stereocenters. The molecule has 161 valence electrons. The minimum atomic E-state index is -1.50. The number of aliphatic hydroxyl groups is 1. The van der Waals surface area contributed by atoms with Crippen LogP contribution in [-0.4, -0.2) is 49.0 Å². The van der Waals surface area contributed by atoms with Crippen LogP contribution in [0.5, 0.6) is 0 Å². The highest BCUT2D eigenvalue weighted by atomic mass is 79.9. The largest absolute Gasteiger partial charge is 0.390 e. The first-order valence-corrected chi connectivity index (χ1v) is 10.7. The fourth-order valence-electron chi connectivity index (χ4n) is 3.55. The van der Waals surface area contributed by atoms with Crippen LogP contribution in [0.15, 0.2) is 47.5 Å². The number of carbonyl (C=O) groups is 1. The van der Waals surface area contributed by atoms with Crippen LogP contribution in [0.2, 0.25) is 5.02 Å². The van der Waals surface area contributed by atoms with Crippen molar-refractivity contribution in [3.05, 3.63) is 76.2 Å². The third-order valence-electron chi connectivity index (χ3n) is 5.23. The Bertz CT molecular complexity index is 1110. The van der Waals surface area contributed by atoms with Crippen molar-refractivity contribution in [3.63, 3.8) is 0 Å². The first kappa shape index (κ1) is 21.9. The van der Waals surface area contributed by atoms with Crippen LogP contribution in [0.1, 0.15) is 28.0 Å². The van der Waals surface area contributed by atoms with E-state index < -0.39 is 24.2 Å². The normalized spacial score (nSPS) is 23.1. The Morgan fingerprint density at radius 2 is 2.23 bits per heavy atom. The number of hydrogen-bond acceptors (Lipinski definition) is 6. The molecule has 7 nitrogen and oxygen atoms in total. The molecule has 1 saturated carbocycles. The number of anilines is 1. The second-order valence-corrected chi connectivity index (χ2v) is 8.70. The zero-order valence-electron chi connectivity index (χ0n) is 16.3. The van der Waals surface area contributed by atoms with Gasteiger partial charge < -0.3 is 10.4 Å². The molecule has 1 fully saturated rings. The maximum Gasteiger partial charge on any atom is 0.218 e. The summed E-state index contributed by atoms with van der Waals surface area (Å²) in [6, 6.07) is 6.46. The van der Waals surface area contributed by atoms with Crippen LogP contribution in [0, 0.1) is 12.8 Å². The van der Waals surface area contributed by atoms with Crippen molar-refractivity contribution in [2.24, 2.45) is 5.92 Å². The van der Waals surface area contributed by atoms with E-state index in [1.54, 1.807) is 23.0 Å². The lowest BCUT2D eigenvalue weighted by atomic mass is 10.1. The van der Waals surface area contributed by atoms with Gasteiger partial charge in [0, 0.05) is 16.9 Å². The molecule has 31 heavy (non-hydrogen) atoms. The zero-order valence-corrected chi connectivity index (χ0v) is 18.6. The van der Waals surface area contributed by atoms with Gasteiger partial charge in [-0.3, -0.25) is 9.48 Å². The fraction of sp³-hybridized carbons (Fsp3) is 0.286. The number of nitrogens with one attached hydrogen (secondary N) is 1. The van der Waals surface area contributed by atoms with Crippen molar-refractivity contribution in [3.8, 4) is 0 Å². The summed E-state index contributed by atoms with van der Waals surface area (Å²) in [6.45, 7) is 4.21. The minimum Gasteiger partial charge on any atom is -0.390 e. The molecule has 2 aromatic heterocycles. The highest BCUT2D eigenvalue weighted by Crippen LogP contribution is 2.31. The van der Waals surface area contributed by atoms with Gasteiger partial charge in [0.2, 0.25) is 5.78 Å². The molecule has 3 aromatic rings. The Morgan fingerprint density at radius 3 is 2.94 bits per heavy atom. The number of aromatic nitrogens is 4. The Kier molecular flexibility index (Phi) is 6.36. The number of rotatable bonds is 6. The molecular weight excluding hydrogens is 489 g/mol. The Labute approximate surface area is 191 Å². The van der Waals surface area contributed by atoms with Gasteiger partial charge in [0.15, 0.2) is 0 Å². The Hall–Kier alpha value is -2.36. The molecule has 2 heterocycles. The molecule has 0 spiro atoms. The molecular formula is C21H19BrClFN5O2. The summed E-state index contributed by atoms with van der Waals surface area (Å²) in [4.78, 5) is 21.1. The maximum absolute atomic E-state index is 14.3. The van der Waals surface area contributed by atoms with Gasteiger partial charge in [-0.15, -0.1) is 0 Å². The van der Waals surface area contributed by atoms with Crippen LogP contribution in [-0.2, 0) is 6.54 Å². The smallest absolute Gasteiger partial charge is 0.218 e. The summed E-state index contributed by atoms with van der Waals surface area (Å²) in [5.41, 5.74) is 1.35. The summed E-state index contributed by atoms with van der Waals surface area (Å²) in [5, 5.41) is 17.7. The summed E-state index contributed by atoms with van der Waals surface area (Å²) >= 11 is 9.42. The molecule has 1 aliphatic rings. The van der Waals surface area contributed by atoms with Crippen molar-refractivity contribution in [1.82, 2.24) is 19.7 Å². The van der Waals surface area contributed by atoms with Crippen LogP contribution < -0.4 is 5.32 Å². The first-order chi connectivity index (χ1) is 14.8. The number of benzene rings is 1. The van der Waals surface area contributed by atoms with E-state index in [1.165, 1.54) is 12.5 Å². The molecule has 1 aromatic carbocycles. The third kappa shape index (κ3) is 4.63. The lowest BCUT2D eigenvalue weighted by Crippen LogP contribution is -2.32. The second kappa shape index (κ2) is 9.02. The Morgan fingerprint density at radius 1 is 1.42 bits per heavy atom. The van der Waals surface area contributed by atoms with Crippen LogP contribution in [0.3, 0.4) is 0 Å². The predicted molar refractivity (Wildman–Crippen MR) is 118 cm³/mol. The predicted octanol–water partition coefficient (Wildman–Crippen LogP) is 3.70. The SMILES string of the molecule is [CH2][C@@H]1C[C@@H](Nc2ncncc2C(=O)c2ccn(Cc3ccc(Cl)c(Br)c3)n2)[C@@H](F)[C@@H]1O. The maximum atomic E-state index is 14.3. The van der Waals surface area contributed by atoms with Gasteiger partial charge in [-0.25, -0.2) is 14.4 Å². The standard InChI is InChI=1S/C21H19BrClFN5O2/c1-11-6-17(18(24)19(11)30)27-21-13(8-25-10-26-21)20(31)16-4-5-29(28-16)9-12-2-3-15(23)14(22)7-12/h2-5,7-8,10-11,17-19,30H,1,6,9H2,(H,25,26,27)/t11-,17-,18-,19-/m1/s1. The van der Waals surface area contributed by atoms with Crippen LogP contribution in [0.4, 0.5) is 10.2 Å². The average Bonchev–Trinajstić information content (AvgIpc) is 3.31. The molecule has 0 bridgehead atoms. The molecule has 10 heteroatoms. The monoisotopic (exact) mass is 506 g/mol. The van der Waals surface area contributed by atoms with E-state index in [0.717, 1.165) is 10.0 Å². The van der Waals surface area contributed by atoms with Crippen LogP contribution in [0.25, 0.3) is 0 Å². The van der Waals surface area contributed by atoms with E-state index in [9.17, 15) is 14.3 Å². The van der Waals surface area contributed by atoms with Gasteiger partial charge in [0.05, 0.1) is 29.3 Å². The van der Waals surface area contributed by atoms with E-state index in [0.29, 0.717) is 18.0 Å². The van der Waals surface area contributed by atoms with Gasteiger partial charge in [-0.05, 0) is 59.0 Å².